The summed E-state index contributed by atoms with van der Waals surface area (Å²) in [4.78, 5) is 0. The molecule has 1 heterocycles. The molecule has 0 unspecified atom stereocenters. The molecule has 124 valence electrons. The topological polar surface area (TPSA) is 53.6 Å². The Morgan fingerprint density at radius 1 is 1.30 bits per heavy atom. The molecule has 3 nitrogen and oxygen atoms in total. The van der Waals surface area contributed by atoms with E-state index in [1.807, 2.05) is 6.26 Å². The third kappa shape index (κ3) is 1.63. The van der Waals surface area contributed by atoms with Crippen LogP contribution >= 0.6 is 0 Å². The van der Waals surface area contributed by atoms with E-state index in [0.29, 0.717) is 17.8 Å². The summed E-state index contributed by atoms with van der Waals surface area (Å²) >= 11 is 0. The van der Waals surface area contributed by atoms with Crippen LogP contribution in [0.2, 0.25) is 0 Å². The second-order valence-corrected chi connectivity index (χ2v) is 8.86. The van der Waals surface area contributed by atoms with Crippen molar-refractivity contribution in [2.24, 2.45) is 22.7 Å². The zero-order valence-corrected chi connectivity index (χ0v) is 13.8. The number of hydrogen-bond acceptors (Lipinski definition) is 3. The molecule has 1 aromatic rings. The lowest BCUT2D eigenvalue weighted by Gasteiger charge is -2.58. The second-order valence-electron chi connectivity index (χ2n) is 8.86. The maximum absolute atomic E-state index is 10.9. The van der Waals surface area contributed by atoms with Gasteiger partial charge in [-0.15, -0.1) is 0 Å². The second kappa shape index (κ2) is 4.31. The summed E-state index contributed by atoms with van der Waals surface area (Å²) in [5.41, 5.74) is 0.914. The minimum atomic E-state index is -0.836. The largest absolute Gasteiger partial charge is 0.465 e. The van der Waals surface area contributed by atoms with Gasteiger partial charge in [-0.05, 0) is 79.3 Å². The van der Waals surface area contributed by atoms with Gasteiger partial charge in [0.15, 0.2) is 0 Å². The van der Waals surface area contributed by atoms with Crippen LogP contribution in [0, 0.1) is 22.7 Å². The smallest absolute Gasteiger partial charge is 0.129 e. The summed E-state index contributed by atoms with van der Waals surface area (Å²) < 4.78 is 5.64. The molecule has 0 aliphatic heterocycles. The third-order valence-corrected chi connectivity index (χ3v) is 8.02. The zero-order valence-electron chi connectivity index (χ0n) is 13.8. The lowest BCUT2D eigenvalue weighted by Crippen LogP contribution is -2.49. The fourth-order valence-electron chi connectivity index (χ4n) is 7.06. The SMILES string of the molecule is C[C@]12C=Cc3occc3[C@@H]1CC[C@@]13C[C@@H](CC[C@H]12)[C@](O)(CO)C3. The van der Waals surface area contributed by atoms with E-state index in [2.05, 4.69) is 25.1 Å². The van der Waals surface area contributed by atoms with Crippen LogP contribution in [0.1, 0.15) is 62.7 Å². The number of rotatable bonds is 1. The molecule has 0 saturated heterocycles. The van der Waals surface area contributed by atoms with Gasteiger partial charge in [0.1, 0.15) is 5.76 Å². The third-order valence-electron chi connectivity index (χ3n) is 8.02. The van der Waals surface area contributed by atoms with E-state index < -0.39 is 5.60 Å². The minimum absolute atomic E-state index is 0.0754. The highest BCUT2D eigenvalue weighted by Crippen LogP contribution is 2.71. The Morgan fingerprint density at radius 2 is 2.17 bits per heavy atom. The van der Waals surface area contributed by atoms with Crippen molar-refractivity contribution in [3.8, 4) is 0 Å². The molecule has 3 fully saturated rings. The number of aliphatic hydroxyl groups is 2. The van der Waals surface area contributed by atoms with Crippen LogP contribution < -0.4 is 0 Å². The van der Waals surface area contributed by atoms with E-state index in [9.17, 15) is 10.2 Å². The first kappa shape index (κ1) is 14.3. The van der Waals surface area contributed by atoms with E-state index in [1.54, 1.807) is 0 Å². The van der Waals surface area contributed by atoms with Gasteiger partial charge in [-0.1, -0.05) is 13.0 Å². The molecular formula is C20H26O3. The zero-order chi connectivity index (χ0) is 15.9. The summed E-state index contributed by atoms with van der Waals surface area (Å²) in [6.45, 7) is 2.35. The number of aliphatic hydroxyl groups excluding tert-OH is 1. The van der Waals surface area contributed by atoms with Crippen LogP contribution in [0.15, 0.2) is 22.8 Å². The van der Waals surface area contributed by atoms with Gasteiger partial charge in [0, 0.05) is 5.56 Å². The normalized spacial score (nSPS) is 50.3. The van der Waals surface area contributed by atoms with Crippen LogP contribution in [0.4, 0.5) is 0 Å². The molecule has 4 aliphatic carbocycles. The van der Waals surface area contributed by atoms with Crippen LogP contribution in [0.3, 0.4) is 0 Å². The number of allylic oxidation sites excluding steroid dienone is 1. The van der Waals surface area contributed by atoms with Crippen molar-refractivity contribution < 1.29 is 14.6 Å². The van der Waals surface area contributed by atoms with Crippen molar-refractivity contribution in [2.45, 2.75) is 57.0 Å². The van der Waals surface area contributed by atoms with Crippen LogP contribution in [0.25, 0.3) is 6.08 Å². The molecule has 5 rings (SSSR count). The predicted octanol–water partition coefficient (Wildman–Crippen LogP) is 3.72. The molecule has 3 heteroatoms. The average Bonchev–Trinajstić information content (AvgIpc) is 3.09. The average molecular weight is 314 g/mol. The van der Waals surface area contributed by atoms with Crippen LogP contribution in [-0.4, -0.2) is 22.4 Å². The monoisotopic (exact) mass is 314 g/mol. The lowest BCUT2D eigenvalue weighted by molar-refractivity contribution is -0.0517. The molecule has 1 spiro atoms. The van der Waals surface area contributed by atoms with Crippen molar-refractivity contribution in [2.75, 3.05) is 6.61 Å². The van der Waals surface area contributed by atoms with Gasteiger partial charge in [-0.2, -0.15) is 0 Å². The first-order chi connectivity index (χ1) is 11.0. The molecule has 1 aromatic heterocycles. The number of furan rings is 1. The van der Waals surface area contributed by atoms with Crippen LogP contribution in [-0.2, 0) is 0 Å². The van der Waals surface area contributed by atoms with Crippen molar-refractivity contribution in [1.82, 2.24) is 0 Å². The van der Waals surface area contributed by atoms with Gasteiger partial charge in [0.2, 0.25) is 0 Å². The van der Waals surface area contributed by atoms with Crippen molar-refractivity contribution in [1.29, 1.82) is 0 Å². The molecule has 23 heavy (non-hydrogen) atoms. The molecule has 3 saturated carbocycles. The van der Waals surface area contributed by atoms with Crippen molar-refractivity contribution in [3.63, 3.8) is 0 Å². The highest BCUT2D eigenvalue weighted by atomic mass is 16.3. The number of fused-ring (bicyclic) bond motifs is 5. The van der Waals surface area contributed by atoms with Gasteiger partial charge in [0.05, 0.1) is 18.5 Å². The van der Waals surface area contributed by atoms with Crippen LogP contribution in [0.5, 0.6) is 0 Å². The van der Waals surface area contributed by atoms with Crippen molar-refractivity contribution >= 4 is 6.08 Å². The van der Waals surface area contributed by atoms with E-state index in [0.717, 1.165) is 31.4 Å². The lowest BCUT2D eigenvalue weighted by atomic mass is 9.46. The molecule has 0 aromatic carbocycles. The van der Waals surface area contributed by atoms with Crippen molar-refractivity contribution in [3.05, 3.63) is 29.7 Å². The molecule has 0 radical (unpaired) electrons. The van der Waals surface area contributed by atoms with Gasteiger partial charge in [-0.3, -0.25) is 0 Å². The summed E-state index contributed by atoms with van der Waals surface area (Å²) in [6, 6.07) is 2.16. The standard InChI is InChI=1S/C20H26O3/c1-18-7-5-16-14(6-9-23-16)15(18)4-8-19-10-13(2-3-17(18)19)20(22,11-19)12-21/h5-7,9,13,15,17,21-22H,2-4,8,10-12H2,1H3/t13-,15+,17+,18+,19+,20-/m1/s1. The predicted molar refractivity (Wildman–Crippen MR) is 87.7 cm³/mol. The molecule has 4 aliphatic rings. The summed E-state index contributed by atoms with van der Waals surface area (Å²) in [5.74, 6) is 2.47. The molecule has 6 atom stereocenters. The molecule has 0 amide bonds. The maximum atomic E-state index is 10.9. The Bertz CT molecular complexity index is 676. The Balaban J connectivity index is 1.58. The fourth-order valence-corrected chi connectivity index (χ4v) is 7.06. The first-order valence-corrected chi connectivity index (χ1v) is 9.11. The highest BCUT2D eigenvalue weighted by Gasteiger charge is 2.65. The first-order valence-electron chi connectivity index (χ1n) is 9.11. The minimum Gasteiger partial charge on any atom is -0.465 e. The Kier molecular flexibility index (Phi) is 2.68. The highest BCUT2D eigenvalue weighted by molar-refractivity contribution is 5.55. The van der Waals surface area contributed by atoms with E-state index in [4.69, 9.17) is 4.42 Å². The quantitative estimate of drug-likeness (QED) is 0.830. The van der Waals surface area contributed by atoms with Gasteiger partial charge < -0.3 is 14.6 Å². The Morgan fingerprint density at radius 3 is 3.00 bits per heavy atom. The Hall–Kier alpha value is -1.06. The summed E-state index contributed by atoms with van der Waals surface area (Å²) in [6.07, 6.45) is 12.9. The van der Waals surface area contributed by atoms with E-state index in [-0.39, 0.29) is 17.4 Å². The van der Waals surface area contributed by atoms with Gasteiger partial charge >= 0.3 is 0 Å². The van der Waals surface area contributed by atoms with E-state index in [1.165, 1.54) is 18.4 Å². The molecule has 2 N–H and O–H groups in total. The van der Waals surface area contributed by atoms with E-state index >= 15 is 0 Å². The van der Waals surface area contributed by atoms with Gasteiger partial charge in [-0.25, -0.2) is 0 Å². The maximum Gasteiger partial charge on any atom is 0.129 e. The summed E-state index contributed by atoms with van der Waals surface area (Å²) in [5, 5.41) is 20.7. The number of hydrogen-bond donors (Lipinski definition) is 2. The fraction of sp³-hybridized carbons (Fsp3) is 0.700. The Labute approximate surface area is 137 Å². The molecule has 2 bridgehead atoms. The summed E-state index contributed by atoms with van der Waals surface area (Å²) in [7, 11) is 0. The van der Waals surface area contributed by atoms with Gasteiger partial charge in [0.25, 0.3) is 0 Å². The molecular weight excluding hydrogens is 288 g/mol.